The fraction of sp³-hybridized carbons (Fsp3) is 0.533. The van der Waals surface area contributed by atoms with Gasteiger partial charge in [-0.1, -0.05) is 11.6 Å². The Morgan fingerprint density at radius 3 is 2.83 bits per heavy atom. The highest BCUT2D eigenvalue weighted by Crippen LogP contribution is 2.29. The topological polar surface area (TPSA) is 53.6 Å². The van der Waals surface area contributed by atoms with Crippen molar-refractivity contribution >= 4 is 23.2 Å². The van der Waals surface area contributed by atoms with Crippen molar-refractivity contribution in [2.24, 2.45) is 0 Å². The first-order valence-corrected chi connectivity index (χ1v) is 7.64. The van der Waals surface area contributed by atoms with Crippen molar-refractivity contribution in [1.29, 1.82) is 0 Å². The number of hydrogen-bond acceptors (Lipinski definition) is 4. The maximum atomic E-state index is 13.1. The van der Waals surface area contributed by atoms with Crippen LogP contribution in [0.25, 0.3) is 0 Å². The van der Waals surface area contributed by atoms with Crippen LogP contribution in [-0.2, 0) is 4.79 Å². The molecule has 2 N–H and O–H groups in total. The Balaban J connectivity index is 1.91. The lowest BCUT2D eigenvalue weighted by atomic mass is 10.2. The van der Waals surface area contributed by atoms with Gasteiger partial charge in [0.1, 0.15) is 12.4 Å². The van der Waals surface area contributed by atoms with Gasteiger partial charge in [0, 0.05) is 18.7 Å². The molecule has 1 aliphatic rings. The first-order valence-electron chi connectivity index (χ1n) is 7.26. The van der Waals surface area contributed by atoms with Gasteiger partial charge in [-0.2, -0.15) is 0 Å². The van der Waals surface area contributed by atoms with Crippen LogP contribution in [0.2, 0.25) is 5.02 Å². The second-order valence-electron chi connectivity index (χ2n) is 5.78. The van der Waals surface area contributed by atoms with E-state index in [9.17, 15) is 13.6 Å². The van der Waals surface area contributed by atoms with Gasteiger partial charge < -0.3 is 15.0 Å². The predicted molar refractivity (Wildman–Crippen MR) is 85.5 cm³/mol. The molecule has 1 unspecified atom stereocenters. The summed E-state index contributed by atoms with van der Waals surface area (Å²) < 4.78 is 31.7. The van der Waals surface area contributed by atoms with Crippen LogP contribution in [0.4, 0.5) is 14.5 Å². The van der Waals surface area contributed by atoms with Crippen LogP contribution in [0.15, 0.2) is 18.2 Å². The van der Waals surface area contributed by atoms with E-state index < -0.39 is 30.8 Å². The third-order valence-corrected chi connectivity index (χ3v) is 3.72. The summed E-state index contributed by atoms with van der Waals surface area (Å²) in [4.78, 5) is 13.9. The number of hydrogen-bond donors (Lipinski definition) is 2. The normalized spacial score (nSPS) is 19.8. The highest BCUT2D eigenvalue weighted by molar-refractivity contribution is 6.32. The molecule has 0 aliphatic carbocycles. The molecule has 2 rings (SSSR count). The Hall–Kier alpha value is -1.44. The number of anilines is 1. The van der Waals surface area contributed by atoms with E-state index in [0.717, 1.165) is 6.54 Å². The lowest BCUT2D eigenvalue weighted by Crippen LogP contribution is -2.35. The number of carbonyl (C=O) groups is 1. The minimum absolute atomic E-state index is 0.353. The minimum Gasteiger partial charge on any atom is -0.491 e. The molecule has 0 spiro atoms. The SMILES string of the molecule is CN(C)CCOc1ccc(NC(=O)C2CC(F)(F)CN2)cc1Cl. The second-order valence-corrected chi connectivity index (χ2v) is 6.19. The molecule has 1 aromatic rings. The maximum absolute atomic E-state index is 13.1. The number of nitrogens with one attached hydrogen (secondary N) is 2. The zero-order valence-corrected chi connectivity index (χ0v) is 13.8. The zero-order chi connectivity index (χ0) is 17.0. The molecule has 1 saturated heterocycles. The Bertz CT molecular complexity index is 570. The fourth-order valence-corrected chi connectivity index (χ4v) is 2.40. The molecule has 1 atom stereocenters. The summed E-state index contributed by atoms with van der Waals surface area (Å²) in [6.45, 7) is 0.750. The van der Waals surface area contributed by atoms with E-state index >= 15 is 0 Å². The first kappa shape index (κ1) is 17.9. The molecule has 1 amide bonds. The molecule has 1 heterocycles. The number of halogens is 3. The number of amides is 1. The van der Waals surface area contributed by atoms with E-state index in [-0.39, 0.29) is 0 Å². The molecule has 0 radical (unpaired) electrons. The van der Waals surface area contributed by atoms with Crippen LogP contribution in [0, 0.1) is 0 Å². The number of ether oxygens (including phenoxy) is 1. The van der Waals surface area contributed by atoms with Gasteiger partial charge in [0.25, 0.3) is 5.92 Å². The average molecular weight is 348 g/mol. The number of carbonyl (C=O) groups excluding carboxylic acids is 1. The highest BCUT2D eigenvalue weighted by Gasteiger charge is 2.42. The molecular weight excluding hydrogens is 328 g/mol. The summed E-state index contributed by atoms with van der Waals surface area (Å²) in [5.74, 6) is -2.83. The van der Waals surface area contributed by atoms with Gasteiger partial charge in [0.05, 0.1) is 17.6 Å². The first-order chi connectivity index (χ1) is 10.8. The summed E-state index contributed by atoms with van der Waals surface area (Å²) in [5.41, 5.74) is 0.442. The second kappa shape index (κ2) is 7.42. The van der Waals surface area contributed by atoms with E-state index in [1.54, 1.807) is 12.1 Å². The average Bonchev–Trinajstić information content (AvgIpc) is 2.81. The van der Waals surface area contributed by atoms with Crippen LogP contribution in [-0.4, -0.2) is 56.6 Å². The van der Waals surface area contributed by atoms with Gasteiger partial charge in [-0.3, -0.25) is 10.1 Å². The van der Waals surface area contributed by atoms with Crippen LogP contribution in [0.3, 0.4) is 0 Å². The minimum atomic E-state index is -2.84. The van der Waals surface area contributed by atoms with Crippen molar-refractivity contribution in [3.05, 3.63) is 23.2 Å². The van der Waals surface area contributed by atoms with E-state index in [2.05, 4.69) is 10.6 Å². The third kappa shape index (κ3) is 5.30. The van der Waals surface area contributed by atoms with E-state index in [4.69, 9.17) is 16.3 Å². The van der Waals surface area contributed by atoms with Crippen molar-refractivity contribution in [1.82, 2.24) is 10.2 Å². The van der Waals surface area contributed by atoms with Gasteiger partial charge in [0.15, 0.2) is 0 Å². The molecular formula is C15H20ClF2N3O2. The smallest absolute Gasteiger partial charge is 0.262 e. The molecule has 23 heavy (non-hydrogen) atoms. The largest absolute Gasteiger partial charge is 0.491 e. The molecule has 5 nitrogen and oxygen atoms in total. The summed E-state index contributed by atoms with van der Waals surface area (Å²) in [6, 6.07) is 3.91. The molecule has 1 aromatic carbocycles. The number of rotatable bonds is 6. The molecule has 0 bridgehead atoms. The van der Waals surface area contributed by atoms with Gasteiger partial charge >= 0.3 is 0 Å². The lowest BCUT2D eigenvalue weighted by molar-refractivity contribution is -0.118. The van der Waals surface area contributed by atoms with Crippen LogP contribution in [0.1, 0.15) is 6.42 Å². The fourth-order valence-electron chi connectivity index (χ4n) is 2.16. The third-order valence-electron chi connectivity index (χ3n) is 3.42. The lowest BCUT2D eigenvalue weighted by Gasteiger charge is -2.14. The van der Waals surface area contributed by atoms with Crippen LogP contribution >= 0.6 is 11.6 Å². The van der Waals surface area contributed by atoms with Gasteiger partial charge in [-0.15, -0.1) is 0 Å². The Labute approximate surface area is 138 Å². The summed E-state index contributed by atoms with van der Waals surface area (Å²) >= 11 is 6.11. The van der Waals surface area contributed by atoms with E-state index in [1.807, 2.05) is 19.0 Å². The monoisotopic (exact) mass is 347 g/mol. The molecule has 8 heteroatoms. The standard InChI is InChI=1S/C15H20ClF2N3O2/c1-21(2)5-6-23-13-4-3-10(7-11(13)16)20-14(22)12-8-15(17,18)9-19-12/h3-4,7,12,19H,5-6,8-9H2,1-2H3,(H,20,22). The Kier molecular flexibility index (Phi) is 5.78. The highest BCUT2D eigenvalue weighted by atomic mass is 35.5. The van der Waals surface area contributed by atoms with Gasteiger partial charge in [-0.05, 0) is 32.3 Å². The van der Waals surface area contributed by atoms with Crippen LogP contribution < -0.4 is 15.4 Å². The Morgan fingerprint density at radius 1 is 1.52 bits per heavy atom. The van der Waals surface area contributed by atoms with Crippen molar-refractivity contribution in [3.63, 3.8) is 0 Å². The maximum Gasteiger partial charge on any atom is 0.262 e. The van der Waals surface area contributed by atoms with Crippen molar-refractivity contribution in [3.8, 4) is 5.75 Å². The Morgan fingerprint density at radius 2 is 2.26 bits per heavy atom. The number of benzene rings is 1. The quantitative estimate of drug-likeness (QED) is 0.828. The predicted octanol–water partition coefficient (Wildman–Crippen LogP) is 2.22. The summed E-state index contributed by atoms with van der Waals surface area (Å²) in [5, 5.41) is 5.44. The van der Waals surface area contributed by atoms with Crippen LogP contribution in [0.5, 0.6) is 5.75 Å². The molecule has 0 aromatic heterocycles. The molecule has 0 saturated carbocycles. The molecule has 1 aliphatic heterocycles. The summed E-state index contributed by atoms with van der Waals surface area (Å²) in [6.07, 6.45) is -0.502. The van der Waals surface area contributed by atoms with Gasteiger partial charge in [-0.25, -0.2) is 8.78 Å². The van der Waals surface area contributed by atoms with E-state index in [1.165, 1.54) is 6.07 Å². The van der Waals surface area contributed by atoms with Crippen molar-refractivity contribution < 1.29 is 18.3 Å². The molecule has 1 fully saturated rings. The summed E-state index contributed by atoms with van der Waals surface area (Å²) in [7, 11) is 3.87. The number of nitrogens with zero attached hydrogens (tertiary/aromatic N) is 1. The van der Waals surface area contributed by atoms with Gasteiger partial charge in [0.2, 0.25) is 5.91 Å². The zero-order valence-electron chi connectivity index (χ0n) is 13.0. The number of likely N-dealkylation sites (N-methyl/N-ethyl adjacent to an activating group) is 1. The van der Waals surface area contributed by atoms with Crippen molar-refractivity contribution in [2.75, 3.05) is 39.1 Å². The van der Waals surface area contributed by atoms with E-state index in [0.29, 0.717) is 23.1 Å². The number of alkyl halides is 2. The van der Waals surface area contributed by atoms with Crippen molar-refractivity contribution in [2.45, 2.75) is 18.4 Å². The molecule has 128 valence electrons.